The van der Waals surface area contributed by atoms with Crippen LogP contribution in [0.1, 0.15) is 22.3 Å². The summed E-state index contributed by atoms with van der Waals surface area (Å²) >= 11 is 6.47. The van der Waals surface area contributed by atoms with Gasteiger partial charge in [-0.05, 0) is 57.3 Å². The molecule has 1 N–H and O–H groups in total. The summed E-state index contributed by atoms with van der Waals surface area (Å²) in [7, 11) is 1.64. The van der Waals surface area contributed by atoms with Crippen LogP contribution in [0.15, 0.2) is 130 Å². The van der Waals surface area contributed by atoms with Gasteiger partial charge in [-0.1, -0.05) is 48.0 Å². The van der Waals surface area contributed by atoms with Crippen LogP contribution in [0.2, 0.25) is 5.02 Å². The molecule has 6 aromatic heterocycles. The van der Waals surface area contributed by atoms with E-state index in [9.17, 15) is 5.11 Å². The molecule has 0 spiro atoms. The first-order valence-electron chi connectivity index (χ1n) is 17.8. The predicted octanol–water partition coefficient (Wildman–Crippen LogP) is 8.65. The zero-order chi connectivity index (χ0) is 39.6. The van der Waals surface area contributed by atoms with Crippen LogP contribution in [-0.4, -0.2) is 56.3 Å². The highest BCUT2D eigenvalue weighted by atomic mass is 35.5. The van der Waals surface area contributed by atoms with Crippen LogP contribution in [-0.2, 0) is 19.6 Å². The molecule has 0 fully saturated rings. The average Bonchev–Trinajstić information content (AvgIpc) is 4.08. The number of methoxy groups -OCH3 is 1. The van der Waals surface area contributed by atoms with Gasteiger partial charge in [-0.25, -0.2) is 15.0 Å². The Balaban J connectivity index is 0.794. The van der Waals surface area contributed by atoms with Gasteiger partial charge >= 0.3 is 0 Å². The molecule has 3 aromatic carbocycles. The number of hydrogen-bond acceptors (Lipinski definition) is 13. The molecule has 0 radical (unpaired) electrons. The zero-order valence-corrected chi connectivity index (χ0v) is 31.6. The largest absolute Gasteiger partial charge is 0.496 e. The van der Waals surface area contributed by atoms with Crippen molar-refractivity contribution in [3.8, 4) is 69.1 Å². The highest BCUT2D eigenvalue weighted by Crippen LogP contribution is 2.34. The minimum absolute atomic E-state index is 0.207. The van der Waals surface area contributed by atoms with Crippen LogP contribution in [0.3, 0.4) is 0 Å². The molecule has 0 unspecified atom stereocenters. The number of aryl methyl sites for hydroxylation is 1. The summed E-state index contributed by atoms with van der Waals surface area (Å²) in [5, 5.41) is 21.6. The number of nitrogens with zero attached hydrogens (tertiary/aromatic N) is 9. The Morgan fingerprint density at radius 2 is 1.31 bits per heavy atom. The van der Waals surface area contributed by atoms with Gasteiger partial charge in [0.15, 0.2) is 17.3 Å². The van der Waals surface area contributed by atoms with E-state index in [1.54, 1.807) is 56.8 Å². The molecule has 9 rings (SSSR count). The fourth-order valence-corrected chi connectivity index (χ4v) is 6.72. The van der Waals surface area contributed by atoms with Gasteiger partial charge in [-0.2, -0.15) is 0 Å². The summed E-state index contributed by atoms with van der Waals surface area (Å²) in [5.41, 5.74) is 6.27. The van der Waals surface area contributed by atoms with Crippen molar-refractivity contribution in [2.45, 2.75) is 26.6 Å². The summed E-state index contributed by atoms with van der Waals surface area (Å²) in [6.07, 6.45) is 12.3. The Kier molecular flexibility index (Phi) is 9.64. The molecule has 0 saturated carbocycles. The maximum absolute atomic E-state index is 9.48. The van der Waals surface area contributed by atoms with E-state index >= 15 is 0 Å². The fourth-order valence-electron chi connectivity index (χ4n) is 6.43. The predicted molar refractivity (Wildman–Crippen MR) is 208 cm³/mol. The lowest BCUT2D eigenvalue weighted by atomic mass is 10.0. The number of imidazole rings is 3. The lowest BCUT2D eigenvalue weighted by molar-refractivity contribution is 0.365. The Morgan fingerprint density at radius 3 is 1.95 bits per heavy atom. The second-order valence-corrected chi connectivity index (χ2v) is 13.7. The zero-order valence-electron chi connectivity index (χ0n) is 30.9. The molecule has 0 saturated heterocycles. The van der Waals surface area contributed by atoms with Crippen molar-refractivity contribution in [3.63, 3.8) is 0 Å². The van der Waals surface area contributed by atoms with Gasteiger partial charge in [-0.3, -0.25) is 0 Å². The second kappa shape index (κ2) is 15.5. The maximum Gasteiger partial charge on any atom is 0.261 e. The number of hydrogen-bond donors (Lipinski definition) is 1. The Bertz CT molecular complexity index is 2840. The van der Waals surface area contributed by atoms with E-state index in [0.29, 0.717) is 59.3 Å². The summed E-state index contributed by atoms with van der Waals surface area (Å²) in [5.74, 6) is 3.28. The van der Waals surface area contributed by atoms with Crippen LogP contribution in [0.4, 0.5) is 0 Å². The Labute approximate surface area is 334 Å². The quantitative estimate of drug-likeness (QED) is 0.111. The van der Waals surface area contributed by atoms with Crippen molar-refractivity contribution >= 4 is 11.6 Å². The molecule has 0 aliphatic carbocycles. The van der Waals surface area contributed by atoms with E-state index in [2.05, 4.69) is 36.5 Å². The molecule has 0 bridgehead atoms. The van der Waals surface area contributed by atoms with Gasteiger partial charge in [0, 0.05) is 53.8 Å². The monoisotopic (exact) mass is 797 g/mol. The fraction of sp³-hybridized carbons (Fsp3) is 0.122. The number of benzene rings is 3. The highest BCUT2D eigenvalue weighted by Gasteiger charge is 2.16. The molecule has 290 valence electrons. The molecular weight excluding hydrogens is 766 g/mol. The molecule has 0 aliphatic rings. The molecule has 16 nitrogen and oxygen atoms in total. The van der Waals surface area contributed by atoms with E-state index in [1.165, 1.54) is 6.07 Å². The molecule has 0 atom stereocenters. The molecule has 17 heteroatoms. The van der Waals surface area contributed by atoms with Crippen LogP contribution < -0.4 is 14.2 Å². The van der Waals surface area contributed by atoms with Gasteiger partial charge in [0.05, 0.1) is 62.2 Å². The van der Waals surface area contributed by atoms with E-state index in [-0.39, 0.29) is 17.6 Å². The topological polar surface area (TPSA) is 179 Å². The average molecular weight is 798 g/mol. The van der Waals surface area contributed by atoms with Crippen LogP contribution in [0.5, 0.6) is 35.1 Å². The van der Waals surface area contributed by atoms with Crippen LogP contribution >= 0.6 is 11.6 Å². The van der Waals surface area contributed by atoms with Gasteiger partial charge in [0.2, 0.25) is 11.8 Å². The van der Waals surface area contributed by atoms with Gasteiger partial charge in [0.25, 0.3) is 17.6 Å². The van der Waals surface area contributed by atoms with Crippen LogP contribution in [0, 0.1) is 6.92 Å². The number of halogens is 1. The maximum atomic E-state index is 9.48. The summed E-state index contributed by atoms with van der Waals surface area (Å²) in [6, 6.07) is 22.3. The van der Waals surface area contributed by atoms with Crippen molar-refractivity contribution in [3.05, 3.63) is 144 Å². The number of aromatic hydroxyl groups is 1. The lowest BCUT2D eigenvalue weighted by Gasteiger charge is -2.10. The molecule has 6 heterocycles. The van der Waals surface area contributed by atoms with Gasteiger partial charge in [-0.15, -0.1) is 0 Å². The second-order valence-electron chi connectivity index (χ2n) is 13.3. The van der Waals surface area contributed by atoms with Crippen molar-refractivity contribution < 1.29 is 32.9 Å². The van der Waals surface area contributed by atoms with Crippen molar-refractivity contribution in [1.29, 1.82) is 0 Å². The summed E-state index contributed by atoms with van der Waals surface area (Å²) in [4.78, 5) is 12.9. The van der Waals surface area contributed by atoms with Crippen molar-refractivity contribution in [2.24, 2.45) is 0 Å². The molecular formula is C41H32ClN9O7. The standard InChI is InChI=1S/C41H32ClN9O7/c1-25-11-26(17-50-20-40(44-23-50)54-38-15-34(56-47-38)28-5-6-29(33(13-28)53-2)19-49-10-9-43-22-49)3-7-30(25)36-16-39(48-58-36)55-41-21-51(24-45-41)18-27-4-8-31(32(42)12-27)35-14-37(52)46-57-35/h3-16,20-24H,17-19H2,1-2H3,(H,46,52). The first-order chi connectivity index (χ1) is 28.3. The van der Waals surface area contributed by atoms with E-state index in [4.69, 9.17) is 39.4 Å². The Morgan fingerprint density at radius 1 is 0.655 bits per heavy atom. The Hall–Kier alpha value is -7.59. The minimum Gasteiger partial charge on any atom is -0.496 e. The number of rotatable bonds is 14. The molecule has 0 amide bonds. The molecule has 9 aromatic rings. The third kappa shape index (κ3) is 7.89. The smallest absolute Gasteiger partial charge is 0.261 e. The van der Waals surface area contributed by atoms with Gasteiger partial charge in [0.1, 0.15) is 5.75 Å². The van der Waals surface area contributed by atoms with Crippen molar-refractivity contribution in [2.75, 3.05) is 7.11 Å². The van der Waals surface area contributed by atoms with E-state index < -0.39 is 0 Å². The summed E-state index contributed by atoms with van der Waals surface area (Å²) in [6.45, 7) is 3.68. The summed E-state index contributed by atoms with van der Waals surface area (Å²) < 4.78 is 39.5. The van der Waals surface area contributed by atoms with Crippen LogP contribution in [0.25, 0.3) is 34.0 Å². The minimum atomic E-state index is -0.207. The SMILES string of the molecule is COc1cc(-c2cc(Oc3cn(Cc4ccc(-c5cc(Oc6cn(Cc7ccc(-c8cc(O)no8)c(Cl)c7)cn6)no5)c(C)c4)cn3)no2)ccc1Cn1ccnc1. The van der Waals surface area contributed by atoms with Crippen molar-refractivity contribution in [1.82, 2.24) is 44.1 Å². The van der Waals surface area contributed by atoms with Gasteiger partial charge < -0.3 is 46.6 Å². The molecule has 0 aliphatic heterocycles. The highest BCUT2D eigenvalue weighted by molar-refractivity contribution is 6.33. The first-order valence-corrected chi connectivity index (χ1v) is 18.2. The number of ether oxygens (including phenoxy) is 3. The normalized spacial score (nSPS) is 11.3. The van der Waals surface area contributed by atoms with E-state index in [1.807, 2.05) is 75.4 Å². The first kappa shape index (κ1) is 36.1. The lowest BCUT2D eigenvalue weighted by Crippen LogP contribution is -1.99. The number of aromatic nitrogens is 9. The van der Waals surface area contributed by atoms with E-state index in [0.717, 1.165) is 39.1 Å². The molecule has 58 heavy (non-hydrogen) atoms. The third-order valence-electron chi connectivity index (χ3n) is 9.18. The third-order valence-corrected chi connectivity index (χ3v) is 9.49.